The fraction of sp³-hybridized carbons (Fsp3) is 0.316. The van der Waals surface area contributed by atoms with Gasteiger partial charge in [-0.3, -0.25) is 9.59 Å². The molecule has 28 heavy (non-hydrogen) atoms. The van der Waals surface area contributed by atoms with Crippen molar-refractivity contribution in [3.05, 3.63) is 46.2 Å². The minimum atomic E-state index is -0.993. The number of benzene rings is 1. The summed E-state index contributed by atoms with van der Waals surface area (Å²) in [5.41, 5.74) is 0.624. The largest absolute Gasteiger partial charge is 0.497 e. The Morgan fingerprint density at radius 2 is 2.07 bits per heavy atom. The molecular weight excluding hydrogens is 382 g/mol. The van der Waals surface area contributed by atoms with Gasteiger partial charge in [0.1, 0.15) is 5.75 Å². The number of ether oxygens (including phenoxy) is 1. The molecule has 1 saturated heterocycles. The molecule has 1 aliphatic rings. The standard InChI is InChI=1S/C19H21N3O5S/c1-27-13-6-7-14(15(10-13)21-18(24)16-5-3-9-28-16)17(23)20-12-4-2-8-22(11-12)19(25)26/h3,5-7,9-10,12H,2,4,8,11H2,1H3,(H,20,23)(H,21,24)(H,25,26). The first-order valence-corrected chi connectivity index (χ1v) is 9.67. The summed E-state index contributed by atoms with van der Waals surface area (Å²) in [5, 5.41) is 16.6. The average Bonchev–Trinajstić information content (AvgIpc) is 3.23. The summed E-state index contributed by atoms with van der Waals surface area (Å²) in [4.78, 5) is 38.2. The molecule has 3 amide bonds. The maximum Gasteiger partial charge on any atom is 0.407 e. The molecule has 9 heteroatoms. The molecule has 2 heterocycles. The van der Waals surface area contributed by atoms with Gasteiger partial charge >= 0.3 is 6.09 Å². The van der Waals surface area contributed by atoms with Crippen molar-refractivity contribution in [3.8, 4) is 5.75 Å². The number of methoxy groups -OCH3 is 1. The number of carbonyl (C=O) groups is 3. The van der Waals surface area contributed by atoms with Crippen LogP contribution in [0, 0.1) is 0 Å². The normalized spacial score (nSPS) is 16.3. The molecule has 0 bridgehead atoms. The molecule has 1 unspecified atom stereocenters. The monoisotopic (exact) mass is 403 g/mol. The molecule has 0 aliphatic carbocycles. The second-order valence-corrected chi connectivity index (χ2v) is 7.33. The number of nitrogens with zero attached hydrogens (tertiary/aromatic N) is 1. The van der Waals surface area contributed by atoms with Gasteiger partial charge in [0.25, 0.3) is 11.8 Å². The van der Waals surface area contributed by atoms with Gasteiger partial charge in [0.05, 0.1) is 23.2 Å². The number of anilines is 1. The van der Waals surface area contributed by atoms with E-state index in [1.165, 1.54) is 23.3 Å². The Kier molecular flexibility index (Phi) is 6.15. The smallest absolute Gasteiger partial charge is 0.407 e. The minimum Gasteiger partial charge on any atom is -0.497 e. The molecule has 1 aliphatic heterocycles. The zero-order valence-corrected chi connectivity index (χ0v) is 16.1. The molecule has 0 spiro atoms. The fourth-order valence-corrected chi connectivity index (χ4v) is 3.69. The number of amides is 3. The molecule has 1 fully saturated rings. The van der Waals surface area contributed by atoms with E-state index in [0.29, 0.717) is 35.7 Å². The van der Waals surface area contributed by atoms with Gasteiger partial charge in [0.2, 0.25) is 0 Å². The summed E-state index contributed by atoms with van der Waals surface area (Å²) in [5.74, 6) is -0.179. The Morgan fingerprint density at radius 3 is 2.75 bits per heavy atom. The van der Waals surface area contributed by atoms with Gasteiger partial charge in [-0.1, -0.05) is 6.07 Å². The van der Waals surface area contributed by atoms with E-state index in [9.17, 15) is 14.4 Å². The van der Waals surface area contributed by atoms with Gasteiger partial charge in [-0.15, -0.1) is 11.3 Å². The highest BCUT2D eigenvalue weighted by Crippen LogP contribution is 2.24. The predicted molar refractivity (Wildman–Crippen MR) is 105 cm³/mol. The molecule has 8 nitrogen and oxygen atoms in total. The van der Waals surface area contributed by atoms with Crippen molar-refractivity contribution in [3.63, 3.8) is 0 Å². The molecule has 1 aromatic heterocycles. The molecule has 1 aromatic carbocycles. The Balaban J connectivity index is 1.77. The van der Waals surface area contributed by atoms with Crippen molar-refractivity contribution in [1.82, 2.24) is 10.2 Å². The molecule has 2 aromatic rings. The van der Waals surface area contributed by atoms with Crippen molar-refractivity contribution in [2.45, 2.75) is 18.9 Å². The first-order chi connectivity index (χ1) is 13.5. The summed E-state index contributed by atoms with van der Waals surface area (Å²) in [6.45, 7) is 0.709. The van der Waals surface area contributed by atoms with Crippen molar-refractivity contribution in [2.75, 3.05) is 25.5 Å². The van der Waals surface area contributed by atoms with E-state index in [2.05, 4.69) is 10.6 Å². The second kappa shape index (κ2) is 8.75. The van der Waals surface area contributed by atoms with Gasteiger partial charge < -0.3 is 25.4 Å². The van der Waals surface area contributed by atoms with Crippen LogP contribution in [0.15, 0.2) is 35.7 Å². The Bertz CT molecular complexity index is 868. The Hall–Kier alpha value is -3.07. The summed E-state index contributed by atoms with van der Waals surface area (Å²) >= 11 is 1.30. The second-order valence-electron chi connectivity index (χ2n) is 6.38. The van der Waals surface area contributed by atoms with E-state index < -0.39 is 6.09 Å². The van der Waals surface area contributed by atoms with Crippen LogP contribution in [0.2, 0.25) is 0 Å². The number of hydrogen-bond acceptors (Lipinski definition) is 5. The lowest BCUT2D eigenvalue weighted by molar-refractivity contribution is 0.0889. The van der Waals surface area contributed by atoms with Gasteiger partial charge in [-0.05, 0) is 36.4 Å². The number of likely N-dealkylation sites (tertiary alicyclic amines) is 1. The van der Waals surface area contributed by atoms with Crippen LogP contribution >= 0.6 is 11.3 Å². The summed E-state index contributed by atoms with van der Waals surface area (Å²) in [6.07, 6.45) is 0.386. The average molecular weight is 403 g/mol. The topological polar surface area (TPSA) is 108 Å². The van der Waals surface area contributed by atoms with Crippen LogP contribution in [-0.4, -0.2) is 54.2 Å². The number of carboxylic acid groups (broad SMARTS) is 1. The van der Waals surface area contributed by atoms with Crippen LogP contribution in [0.4, 0.5) is 10.5 Å². The third-order valence-corrected chi connectivity index (χ3v) is 5.36. The first-order valence-electron chi connectivity index (χ1n) is 8.79. The molecule has 3 N–H and O–H groups in total. The zero-order valence-electron chi connectivity index (χ0n) is 15.3. The van der Waals surface area contributed by atoms with E-state index in [4.69, 9.17) is 9.84 Å². The van der Waals surface area contributed by atoms with Crippen LogP contribution in [0.1, 0.15) is 32.9 Å². The molecular formula is C19H21N3O5S. The lowest BCUT2D eigenvalue weighted by Gasteiger charge is -2.31. The van der Waals surface area contributed by atoms with Crippen LogP contribution in [0.5, 0.6) is 5.75 Å². The lowest BCUT2D eigenvalue weighted by Crippen LogP contribution is -2.49. The quantitative estimate of drug-likeness (QED) is 0.711. The number of piperidine rings is 1. The van der Waals surface area contributed by atoms with E-state index in [-0.39, 0.29) is 30.0 Å². The third kappa shape index (κ3) is 4.61. The maximum atomic E-state index is 12.8. The predicted octanol–water partition coefficient (Wildman–Crippen LogP) is 2.88. The minimum absolute atomic E-state index is 0.244. The number of rotatable bonds is 5. The van der Waals surface area contributed by atoms with E-state index in [0.717, 1.165) is 0 Å². The van der Waals surface area contributed by atoms with Crippen LogP contribution in [0.25, 0.3) is 0 Å². The number of hydrogen-bond donors (Lipinski definition) is 3. The van der Waals surface area contributed by atoms with Gasteiger partial charge in [-0.25, -0.2) is 4.79 Å². The van der Waals surface area contributed by atoms with Crippen LogP contribution in [0.3, 0.4) is 0 Å². The van der Waals surface area contributed by atoms with Crippen molar-refractivity contribution < 1.29 is 24.2 Å². The van der Waals surface area contributed by atoms with Crippen LogP contribution in [-0.2, 0) is 0 Å². The van der Waals surface area contributed by atoms with Gasteiger partial charge in [-0.2, -0.15) is 0 Å². The van der Waals surface area contributed by atoms with Crippen molar-refractivity contribution in [2.24, 2.45) is 0 Å². The van der Waals surface area contributed by atoms with Crippen LogP contribution < -0.4 is 15.4 Å². The SMILES string of the molecule is COc1ccc(C(=O)NC2CCCN(C(=O)O)C2)c(NC(=O)c2cccs2)c1. The fourth-order valence-electron chi connectivity index (χ4n) is 3.08. The van der Waals surface area contributed by atoms with E-state index >= 15 is 0 Å². The van der Waals surface area contributed by atoms with E-state index in [1.807, 2.05) is 0 Å². The summed E-state index contributed by atoms with van der Waals surface area (Å²) in [7, 11) is 1.50. The first kappa shape index (κ1) is 19.7. The zero-order chi connectivity index (χ0) is 20.1. The number of thiophene rings is 1. The Morgan fingerprint density at radius 1 is 1.25 bits per heavy atom. The summed E-state index contributed by atoms with van der Waals surface area (Å²) < 4.78 is 5.20. The van der Waals surface area contributed by atoms with Gasteiger partial charge in [0, 0.05) is 25.2 Å². The highest BCUT2D eigenvalue weighted by Gasteiger charge is 2.25. The third-order valence-electron chi connectivity index (χ3n) is 4.49. The highest BCUT2D eigenvalue weighted by molar-refractivity contribution is 7.12. The Labute approximate surface area is 166 Å². The molecule has 148 valence electrons. The van der Waals surface area contributed by atoms with E-state index in [1.54, 1.807) is 35.7 Å². The van der Waals surface area contributed by atoms with Crippen molar-refractivity contribution in [1.29, 1.82) is 0 Å². The maximum absolute atomic E-state index is 12.8. The van der Waals surface area contributed by atoms with Crippen molar-refractivity contribution >= 4 is 34.9 Å². The molecule has 3 rings (SSSR count). The molecule has 0 saturated carbocycles. The van der Waals surface area contributed by atoms with Gasteiger partial charge in [0.15, 0.2) is 0 Å². The molecule has 1 atom stereocenters. The highest BCUT2D eigenvalue weighted by atomic mass is 32.1. The lowest BCUT2D eigenvalue weighted by atomic mass is 10.0. The number of nitrogens with one attached hydrogen (secondary N) is 2. The summed E-state index contributed by atoms with van der Waals surface area (Å²) in [6, 6.07) is 8.00. The molecule has 0 radical (unpaired) electrons. The number of carbonyl (C=O) groups excluding carboxylic acids is 2.